The first-order valence-corrected chi connectivity index (χ1v) is 21.3. The summed E-state index contributed by atoms with van der Waals surface area (Å²) in [5.74, 6) is -0.966. The zero-order valence-corrected chi connectivity index (χ0v) is 42.6. The molecule has 0 spiro atoms. The topological polar surface area (TPSA) is 208 Å². The summed E-state index contributed by atoms with van der Waals surface area (Å²) in [6.45, 7) is 29.0. The molecule has 60 heavy (non-hydrogen) atoms. The van der Waals surface area contributed by atoms with Crippen LogP contribution in [0.15, 0.2) is 0 Å². The van der Waals surface area contributed by atoms with Crippen LogP contribution in [-0.2, 0) is 28.7 Å². The van der Waals surface area contributed by atoms with Crippen LogP contribution in [0.5, 0.6) is 0 Å². The molecule has 360 valence electrons. The van der Waals surface area contributed by atoms with Crippen molar-refractivity contribution in [2.45, 2.75) is 135 Å². The van der Waals surface area contributed by atoms with E-state index in [1.807, 2.05) is 102 Å². The maximum absolute atomic E-state index is 11.7. The third-order valence-electron chi connectivity index (χ3n) is 10.3. The lowest BCUT2D eigenvalue weighted by molar-refractivity contribution is -0.870. The molecule has 4 amide bonds. The molecule has 0 saturated carbocycles. The Morgan fingerprint density at radius 3 is 1.30 bits per heavy atom. The molecule has 0 aromatic carbocycles. The zero-order chi connectivity index (χ0) is 48.0. The number of rotatable bonds is 21. The number of likely N-dealkylation sites (N-methyl/N-ethyl adjacent to an activating group) is 1. The molecule has 15 nitrogen and oxygen atoms in total. The molecular weight excluding hydrogens is 792 g/mol. The van der Waals surface area contributed by atoms with E-state index in [2.05, 4.69) is 31.8 Å². The number of hydrogen-bond acceptors (Lipinski definition) is 9. The van der Waals surface area contributed by atoms with E-state index in [-0.39, 0.29) is 68.7 Å². The lowest BCUT2D eigenvalue weighted by Gasteiger charge is -2.29. The maximum Gasteiger partial charge on any atom is 0.311 e. The van der Waals surface area contributed by atoms with Gasteiger partial charge in [0, 0.05) is 49.2 Å². The van der Waals surface area contributed by atoms with Crippen LogP contribution in [0, 0.1) is 28.1 Å². The highest BCUT2D eigenvalue weighted by molar-refractivity contribution is 5.82. The Labute approximate surface area is 372 Å². The number of carbonyl (C=O) groups is 6. The van der Waals surface area contributed by atoms with Crippen LogP contribution in [-0.4, -0.2) is 143 Å². The number of nitrogens with one attached hydrogen (secondary N) is 2. The van der Waals surface area contributed by atoms with Crippen LogP contribution >= 0.6 is 0 Å². The summed E-state index contributed by atoms with van der Waals surface area (Å²) in [6, 6.07) is 0. The van der Waals surface area contributed by atoms with Crippen molar-refractivity contribution in [3.63, 3.8) is 0 Å². The number of quaternary nitrogens is 2. The van der Waals surface area contributed by atoms with Crippen LogP contribution in [0.3, 0.4) is 0 Å². The number of carboxylic acid groups (broad SMARTS) is 2. The second kappa shape index (κ2) is 34.6. The molecule has 2 atom stereocenters. The van der Waals surface area contributed by atoms with Crippen molar-refractivity contribution in [2.24, 2.45) is 33.8 Å². The molecule has 0 saturated heterocycles. The number of hydrogen-bond donors (Lipinski definition) is 4. The van der Waals surface area contributed by atoms with E-state index in [4.69, 9.17) is 15.6 Å². The van der Waals surface area contributed by atoms with Crippen molar-refractivity contribution < 1.29 is 65.1 Å². The maximum atomic E-state index is 11.7. The summed E-state index contributed by atoms with van der Waals surface area (Å²) in [5, 5.41) is 24.7. The van der Waals surface area contributed by atoms with E-state index in [1.54, 1.807) is 21.0 Å². The zero-order valence-electron chi connectivity index (χ0n) is 41.9. The van der Waals surface area contributed by atoms with Gasteiger partial charge in [0.15, 0.2) is 0 Å². The minimum Gasteiger partial charge on any atom is -1.00 e. The molecule has 0 aliphatic rings. The predicted molar refractivity (Wildman–Crippen MR) is 238 cm³/mol. The van der Waals surface area contributed by atoms with Crippen LogP contribution in [0.25, 0.3) is 0 Å². The average Bonchev–Trinajstić information content (AvgIpc) is 3.14. The minimum atomic E-state index is -1.11. The molecule has 0 rings (SSSR count). The van der Waals surface area contributed by atoms with Crippen LogP contribution in [0.4, 0.5) is 4.79 Å². The number of halogens is 1. The van der Waals surface area contributed by atoms with Gasteiger partial charge in [-0.3, -0.25) is 28.5 Å². The van der Waals surface area contributed by atoms with E-state index in [0.29, 0.717) is 26.1 Å². The van der Waals surface area contributed by atoms with E-state index < -0.39 is 12.1 Å². The van der Waals surface area contributed by atoms with Gasteiger partial charge in [-0.05, 0) is 60.0 Å². The lowest BCUT2D eigenvalue weighted by atomic mass is 9.89. The fourth-order valence-electron chi connectivity index (χ4n) is 3.36. The molecule has 2 unspecified atom stereocenters. The van der Waals surface area contributed by atoms with Crippen molar-refractivity contribution >= 4 is 35.8 Å². The number of aliphatic carboxylic acids is 1. The molecule has 5 N–H and O–H groups in total. The van der Waals surface area contributed by atoms with E-state index in [9.17, 15) is 33.9 Å². The quantitative estimate of drug-likeness (QED) is 0.0751. The Bertz CT molecular complexity index is 1180. The van der Waals surface area contributed by atoms with Gasteiger partial charge in [0.25, 0.3) is 6.09 Å². The van der Waals surface area contributed by atoms with Gasteiger partial charge in [-0.25, -0.2) is 0 Å². The first-order chi connectivity index (χ1) is 26.6. The lowest BCUT2D eigenvalue weighted by Crippen LogP contribution is -3.00. The number of carbonyl (C=O) groups excluding carboxylic acids is 5. The third-order valence-corrected chi connectivity index (χ3v) is 10.3. The highest BCUT2D eigenvalue weighted by Crippen LogP contribution is 2.21. The van der Waals surface area contributed by atoms with E-state index in [1.165, 1.54) is 0 Å². The van der Waals surface area contributed by atoms with Crippen LogP contribution in [0.1, 0.15) is 135 Å². The van der Waals surface area contributed by atoms with Gasteiger partial charge in [-0.15, -0.1) is 0 Å². The molecule has 16 heteroatoms. The van der Waals surface area contributed by atoms with Gasteiger partial charge in [-0.1, -0.05) is 76.2 Å². The fourth-order valence-corrected chi connectivity index (χ4v) is 3.36. The second-order valence-corrected chi connectivity index (χ2v) is 18.9. The van der Waals surface area contributed by atoms with Crippen molar-refractivity contribution in [2.75, 3.05) is 88.7 Å². The summed E-state index contributed by atoms with van der Waals surface area (Å²) in [4.78, 5) is 67.7. The van der Waals surface area contributed by atoms with Crippen molar-refractivity contribution in [3.8, 4) is 0 Å². The number of amides is 4. The predicted octanol–water partition coefficient (Wildman–Crippen LogP) is 2.15. The Morgan fingerprint density at radius 2 is 1.07 bits per heavy atom. The van der Waals surface area contributed by atoms with Crippen molar-refractivity contribution in [1.82, 2.24) is 15.5 Å². The third kappa shape index (κ3) is 39.1. The number of nitrogens with zero attached hydrogens (tertiary/aromatic N) is 3. The average molecular weight is 886 g/mol. The van der Waals surface area contributed by atoms with Gasteiger partial charge >= 0.3 is 11.9 Å². The molecule has 0 aliphatic carbocycles. The largest absolute Gasteiger partial charge is 1.00 e. The normalized spacial score (nSPS) is 12.3. The summed E-state index contributed by atoms with van der Waals surface area (Å²) in [7, 11) is 13.6. The number of primary amides is 1. The first-order valence-electron chi connectivity index (χ1n) is 21.3. The standard InChI is InChI=1S/C12H24N2O3.C12H26N2O.C10H21NO2.C5H11NO.C5H10O2.ClH/c1-6-12(2,3)10(15)13-8-7-9-14(4,5)11(16)17;1-7-12(2,3)11(15)13-9-8-10-14(4,5)6;1-6-10(2,3)9(12)13-8-7-11(4)5;2*1-3-4(2)5(6)7;/h6-9H2,1-5H3,(H-,13,15,16,17);7-10H2,1-6H3;6-8H2,1-5H3;4H,3H2,1-2H3,(H2,6,7);4H,3H2,1-2H3,(H,6,7);1H. The van der Waals surface area contributed by atoms with E-state index in [0.717, 1.165) is 62.6 Å². The summed E-state index contributed by atoms with van der Waals surface area (Å²) < 4.78 is 5.89. The molecule has 0 heterocycles. The smallest absolute Gasteiger partial charge is 0.311 e. The molecule has 0 aliphatic heterocycles. The number of esters is 1. The number of nitrogens with two attached hydrogens (primary N) is 1. The van der Waals surface area contributed by atoms with Gasteiger partial charge < -0.3 is 57.9 Å². The SMILES string of the molecule is CCC(C)(C)C(=O)NCCC[N+](C)(C)C.CCC(C)(C)C(=O)NCCC[N+](C)(C)C(=O)[O-].CCC(C)(C)C(=O)OCCN(C)C.CCC(C)C(=O)O.CCC(C)C(N)=O.[Cl-]. The fraction of sp³-hybridized carbons (Fsp3) is 0.864. The monoisotopic (exact) mass is 885 g/mol. The Morgan fingerprint density at radius 1 is 0.700 bits per heavy atom. The summed E-state index contributed by atoms with van der Waals surface area (Å²) in [6.07, 6.45) is 4.58. The van der Waals surface area contributed by atoms with Gasteiger partial charge in [0.1, 0.15) is 6.61 Å². The molecular formula is C44H93ClN6O9. The van der Waals surface area contributed by atoms with Crippen molar-refractivity contribution in [1.29, 1.82) is 0 Å². The molecule has 0 aromatic heterocycles. The minimum absolute atomic E-state index is 0. The van der Waals surface area contributed by atoms with Gasteiger partial charge in [0.2, 0.25) is 17.7 Å². The molecule has 0 aromatic rings. The summed E-state index contributed by atoms with van der Waals surface area (Å²) in [5.41, 5.74) is 3.98. The Kier molecular flexibility index (Phi) is 39.6. The van der Waals surface area contributed by atoms with Crippen molar-refractivity contribution in [3.05, 3.63) is 0 Å². The molecule has 0 radical (unpaired) electrons. The molecule has 0 fully saturated rings. The first kappa shape index (κ1) is 68.7. The highest BCUT2D eigenvalue weighted by Gasteiger charge is 2.27. The van der Waals surface area contributed by atoms with Crippen LogP contribution in [0.2, 0.25) is 0 Å². The highest BCUT2D eigenvalue weighted by atomic mass is 35.5. The number of carboxylic acids is 1. The molecule has 0 bridgehead atoms. The Balaban J connectivity index is -0.000000157. The summed E-state index contributed by atoms with van der Waals surface area (Å²) >= 11 is 0. The van der Waals surface area contributed by atoms with E-state index >= 15 is 0 Å². The number of ether oxygens (including phenoxy) is 1. The Hall–Kier alpha value is -3.01. The van der Waals surface area contributed by atoms with Gasteiger partial charge in [0.05, 0.1) is 59.7 Å². The second-order valence-electron chi connectivity index (χ2n) is 18.9. The van der Waals surface area contributed by atoms with Crippen LogP contribution < -0.4 is 33.9 Å². The van der Waals surface area contributed by atoms with Gasteiger partial charge in [-0.2, -0.15) is 0 Å².